The number of nitrogens with zero attached hydrogens (tertiary/aromatic N) is 4. The Labute approximate surface area is 188 Å². The molecule has 0 saturated carbocycles. The van der Waals surface area contributed by atoms with Gasteiger partial charge < -0.3 is 14.8 Å². The minimum Gasteiger partial charge on any atom is -0.339 e. The summed E-state index contributed by atoms with van der Waals surface area (Å²) in [6.07, 6.45) is 4.94. The number of nitrogens with one attached hydrogen (secondary N) is 1. The number of amides is 2. The van der Waals surface area contributed by atoms with Crippen molar-refractivity contribution >= 4 is 28.6 Å². The van der Waals surface area contributed by atoms with Crippen LogP contribution in [0.15, 0.2) is 84.1 Å². The first-order valence-electron chi connectivity index (χ1n) is 9.71. The number of benzene rings is 2. The number of carbonyl (C=O) groups excluding carboxylic acids is 2. The second kappa shape index (κ2) is 9.11. The maximum absolute atomic E-state index is 14.4. The first-order chi connectivity index (χ1) is 15.4. The minimum absolute atomic E-state index is 0.0845. The maximum Gasteiger partial charge on any atom is 0.285 e. The van der Waals surface area contributed by atoms with Crippen LogP contribution in [0.5, 0.6) is 0 Å². The summed E-state index contributed by atoms with van der Waals surface area (Å²) in [6, 6.07) is 16.8. The van der Waals surface area contributed by atoms with Gasteiger partial charge in [-0.3, -0.25) is 9.59 Å². The van der Waals surface area contributed by atoms with E-state index in [9.17, 15) is 14.0 Å². The molecule has 1 N–H and O–H groups in total. The van der Waals surface area contributed by atoms with Crippen molar-refractivity contribution in [1.82, 2.24) is 19.2 Å². The molecular weight excluding hydrogens is 429 g/mol. The van der Waals surface area contributed by atoms with Crippen molar-refractivity contribution in [1.29, 1.82) is 0 Å². The molecule has 0 aliphatic carbocycles. The molecule has 2 heterocycles. The summed E-state index contributed by atoms with van der Waals surface area (Å²) in [4.78, 5) is 27.2. The van der Waals surface area contributed by atoms with E-state index in [4.69, 9.17) is 0 Å². The normalized spacial score (nSPS) is 10.7. The van der Waals surface area contributed by atoms with Crippen molar-refractivity contribution in [2.24, 2.45) is 0 Å². The molecule has 0 saturated heterocycles. The zero-order chi connectivity index (χ0) is 22.7. The van der Waals surface area contributed by atoms with E-state index in [1.165, 1.54) is 21.8 Å². The molecule has 4 rings (SSSR count). The Hall–Kier alpha value is -3.85. The first kappa shape index (κ1) is 21.4. The number of para-hydroxylation sites is 1. The van der Waals surface area contributed by atoms with Gasteiger partial charge in [0.15, 0.2) is 5.82 Å². The highest BCUT2D eigenvalue weighted by Crippen LogP contribution is 2.25. The van der Waals surface area contributed by atoms with Crippen molar-refractivity contribution < 1.29 is 14.0 Å². The number of anilines is 1. The Morgan fingerprint density at radius 3 is 2.34 bits per heavy atom. The van der Waals surface area contributed by atoms with Gasteiger partial charge in [0.05, 0.1) is 6.20 Å². The van der Waals surface area contributed by atoms with Gasteiger partial charge in [-0.15, -0.1) is 0 Å². The van der Waals surface area contributed by atoms with Crippen LogP contribution >= 0.6 is 11.8 Å². The molecule has 0 atom stereocenters. The SMILES string of the molecule is CN(C)C(=O)Sc1ccc(NC(=O)c2cnn(-c3ccccc3F)c2-n2cccc2)cc1. The number of halogens is 1. The van der Waals surface area contributed by atoms with E-state index < -0.39 is 5.82 Å². The van der Waals surface area contributed by atoms with Gasteiger partial charge >= 0.3 is 0 Å². The summed E-state index contributed by atoms with van der Waals surface area (Å²) in [5.74, 6) is -0.418. The summed E-state index contributed by atoms with van der Waals surface area (Å²) < 4.78 is 17.5. The number of hydrogen-bond acceptors (Lipinski definition) is 4. The Morgan fingerprint density at radius 1 is 1.00 bits per heavy atom. The zero-order valence-corrected chi connectivity index (χ0v) is 18.2. The Balaban J connectivity index is 1.62. The van der Waals surface area contributed by atoms with E-state index in [1.807, 2.05) is 12.1 Å². The second-order valence-electron chi connectivity index (χ2n) is 7.08. The fraction of sp³-hybridized carbons (Fsp3) is 0.0870. The van der Waals surface area contributed by atoms with Crippen LogP contribution in [0.4, 0.5) is 14.9 Å². The highest BCUT2D eigenvalue weighted by atomic mass is 32.2. The lowest BCUT2D eigenvalue weighted by Gasteiger charge is -2.12. The third-order valence-electron chi connectivity index (χ3n) is 4.60. The zero-order valence-electron chi connectivity index (χ0n) is 17.4. The minimum atomic E-state index is -0.448. The van der Waals surface area contributed by atoms with E-state index in [1.54, 1.807) is 73.5 Å². The van der Waals surface area contributed by atoms with Gasteiger partial charge in [0, 0.05) is 37.1 Å². The molecule has 0 aliphatic heterocycles. The van der Waals surface area contributed by atoms with E-state index in [-0.39, 0.29) is 22.4 Å². The van der Waals surface area contributed by atoms with E-state index in [0.29, 0.717) is 11.5 Å². The first-order valence-corrected chi connectivity index (χ1v) is 10.5. The Bertz CT molecular complexity index is 1250. The third kappa shape index (κ3) is 4.42. The number of carbonyl (C=O) groups is 2. The van der Waals surface area contributed by atoms with Gasteiger partial charge in [-0.05, 0) is 60.3 Å². The van der Waals surface area contributed by atoms with Crippen LogP contribution in [0.1, 0.15) is 10.4 Å². The highest BCUT2D eigenvalue weighted by molar-refractivity contribution is 8.13. The predicted octanol–water partition coefficient (Wildman–Crippen LogP) is 4.83. The molecule has 2 aromatic heterocycles. The Morgan fingerprint density at radius 2 is 1.69 bits per heavy atom. The molecule has 0 unspecified atom stereocenters. The predicted molar refractivity (Wildman–Crippen MR) is 122 cm³/mol. The lowest BCUT2D eigenvalue weighted by molar-refractivity contribution is 0.102. The lowest BCUT2D eigenvalue weighted by Crippen LogP contribution is -2.16. The van der Waals surface area contributed by atoms with Crippen molar-refractivity contribution in [3.63, 3.8) is 0 Å². The van der Waals surface area contributed by atoms with E-state index >= 15 is 0 Å². The monoisotopic (exact) mass is 449 g/mol. The summed E-state index contributed by atoms with van der Waals surface area (Å²) in [5, 5.41) is 7.03. The molecule has 0 aliphatic rings. The quantitative estimate of drug-likeness (QED) is 0.443. The fourth-order valence-electron chi connectivity index (χ4n) is 3.02. The van der Waals surface area contributed by atoms with Crippen molar-refractivity contribution in [2.45, 2.75) is 4.90 Å². The molecule has 0 bridgehead atoms. The van der Waals surface area contributed by atoms with E-state index in [2.05, 4.69) is 10.4 Å². The molecule has 2 aromatic carbocycles. The molecule has 0 radical (unpaired) electrons. The maximum atomic E-state index is 14.4. The summed E-state index contributed by atoms with van der Waals surface area (Å²) in [5.41, 5.74) is 1.08. The number of aromatic nitrogens is 3. The highest BCUT2D eigenvalue weighted by Gasteiger charge is 2.21. The van der Waals surface area contributed by atoms with Gasteiger partial charge in [0.2, 0.25) is 0 Å². The molecular formula is C23H20FN5O2S. The molecule has 162 valence electrons. The van der Waals surface area contributed by atoms with Crippen LogP contribution in [0.2, 0.25) is 0 Å². The number of thioether (sulfide) groups is 1. The average Bonchev–Trinajstić information content (AvgIpc) is 3.45. The molecule has 0 spiro atoms. The topological polar surface area (TPSA) is 72.2 Å². The van der Waals surface area contributed by atoms with Crippen molar-refractivity contribution in [2.75, 3.05) is 19.4 Å². The van der Waals surface area contributed by atoms with Crippen molar-refractivity contribution in [3.8, 4) is 11.5 Å². The molecule has 32 heavy (non-hydrogen) atoms. The molecule has 2 amide bonds. The van der Waals surface area contributed by atoms with Crippen LogP contribution in [-0.4, -0.2) is 44.5 Å². The van der Waals surface area contributed by atoms with Gasteiger partial charge in [-0.2, -0.15) is 5.10 Å². The Kier molecular flexibility index (Phi) is 6.09. The van der Waals surface area contributed by atoms with Gasteiger partial charge in [-0.25, -0.2) is 9.07 Å². The van der Waals surface area contributed by atoms with Crippen LogP contribution in [0, 0.1) is 5.82 Å². The van der Waals surface area contributed by atoms with Crippen LogP contribution in [0.25, 0.3) is 11.5 Å². The molecule has 7 nitrogen and oxygen atoms in total. The lowest BCUT2D eigenvalue weighted by atomic mass is 10.2. The third-order valence-corrected chi connectivity index (χ3v) is 5.65. The van der Waals surface area contributed by atoms with Crippen LogP contribution < -0.4 is 5.32 Å². The number of rotatable bonds is 5. The average molecular weight is 450 g/mol. The van der Waals surface area contributed by atoms with Gasteiger partial charge in [-0.1, -0.05) is 12.1 Å². The standard InChI is InChI=1S/C23H20FN5O2S/c1-27(2)23(31)32-17-11-9-16(10-12-17)26-21(30)18-15-25-29(20-8-4-3-7-19(20)24)22(18)28-13-5-6-14-28/h3-15H,1-2H3,(H,26,30). The molecule has 4 aromatic rings. The van der Waals surface area contributed by atoms with Crippen molar-refractivity contribution in [3.05, 3.63) is 90.6 Å². The van der Waals surface area contributed by atoms with Crippen LogP contribution in [-0.2, 0) is 0 Å². The molecule has 0 fully saturated rings. The largest absolute Gasteiger partial charge is 0.339 e. The smallest absolute Gasteiger partial charge is 0.285 e. The number of hydrogen-bond donors (Lipinski definition) is 1. The summed E-state index contributed by atoms with van der Waals surface area (Å²) in [6.45, 7) is 0. The van der Waals surface area contributed by atoms with E-state index in [0.717, 1.165) is 16.7 Å². The molecule has 9 heteroatoms. The van der Waals surface area contributed by atoms with Gasteiger partial charge in [0.1, 0.15) is 17.1 Å². The van der Waals surface area contributed by atoms with Crippen LogP contribution in [0.3, 0.4) is 0 Å². The summed E-state index contributed by atoms with van der Waals surface area (Å²) in [7, 11) is 3.38. The second-order valence-corrected chi connectivity index (χ2v) is 8.10. The van der Waals surface area contributed by atoms with Gasteiger partial charge in [0.25, 0.3) is 11.1 Å². The fourth-order valence-corrected chi connectivity index (χ4v) is 3.68. The summed E-state index contributed by atoms with van der Waals surface area (Å²) >= 11 is 1.10.